The maximum atomic E-state index is 9.68. The van der Waals surface area contributed by atoms with E-state index in [9.17, 15) is 5.11 Å². The van der Waals surface area contributed by atoms with Crippen LogP contribution in [0.2, 0.25) is 0 Å². The number of anilines is 1. The molecule has 3 heteroatoms. The van der Waals surface area contributed by atoms with Gasteiger partial charge in [-0.05, 0) is 37.5 Å². The van der Waals surface area contributed by atoms with Gasteiger partial charge in [-0.15, -0.1) is 0 Å². The summed E-state index contributed by atoms with van der Waals surface area (Å²) in [5.74, 6) is 1.05. The normalized spacial score (nSPS) is 20.1. The van der Waals surface area contributed by atoms with Crippen LogP contribution >= 0.6 is 0 Å². The van der Waals surface area contributed by atoms with E-state index in [2.05, 4.69) is 30.0 Å². The number of rotatable bonds is 2. The second kappa shape index (κ2) is 5.80. The summed E-state index contributed by atoms with van der Waals surface area (Å²) in [7, 11) is 0. The second-order valence-corrected chi connectivity index (χ2v) is 5.70. The number of benzene rings is 1. The third kappa shape index (κ3) is 2.50. The Hall–Kier alpha value is -1.61. The lowest BCUT2D eigenvalue weighted by Crippen LogP contribution is -2.38. The number of aliphatic hydroxyl groups is 1. The Labute approximate surface area is 120 Å². The van der Waals surface area contributed by atoms with Crippen molar-refractivity contribution in [2.45, 2.75) is 38.6 Å². The molecule has 3 rings (SSSR count). The number of aliphatic hydroxyl groups excluding tert-OH is 1. The number of para-hydroxylation sites is 1. The van der Waals surface area contributed by atoms with Gasteiger partial charge in [0.25, 0.3) is 0 Å². The fourth-order valence-corrected chi connectivity index (χ4v) is 3.15. The van der Waals surface area contributed by atoms with Crippen molar-refractivity contribution < 1.29 is 5.11 Å². The van der Waals surface area contributed by atoms with E-state index in [1.807, 2.05) is 12.1 Å². The van der Waals surface area contributed by atoms with Crippen LogP contribution in [0, 0.1) is 6.92 Å². The first kappa shape index (κ1) is 13.4. The number of nitrogens with zero attached hydrogens (tertiary/aromatic N) is 2. The Morgan fingerprint density at radius 2 is 2.10 bits per heavy atom. The summed E-state index contributed by atoms with van der Waals surface area (Å²) in [5, 5.41) is 10.9. The van der Waals surface area contributed by atoms with Gasteiger partial charge in [0.15, 0.2) is 0 Å². The molecule has 1 saturated heterocycles. The molecule has 3 nitrogen and oxygen atoms in total. The first-order valence-electron chi connectivity index (χ1n) is 7.53. The van der Waals surface area contributed by atoms with Crippen LogP contribution in [0.25, 0.3) is 10.9 Å². The summed E-state index contributed by atoms with van der Waals surface area (Å²) < 4.78 is 0. The average molecular weight is 270 g/mol. The molecule has 0 radical (unpaired) electrons. The molecular formula is C17H22N2O. The van der Waals surface area contributed by atoms with Crippen molar-refractivity contribution in [3.05, 3.63) is 35.9 Å². The molecule has 0 spiro atoms. The number of hydrogen-bond acceptors (Lipinski definition) is 3. The van der Waals surface area contributed by atoms with Crippen molar-refractivity contribution in [3.8, 4) is 0 Å². The zero-order chi connectivity index (χ0) is 13.9. The molecule has 20 heavy (non-hydrogen) atoms. The lowest BCUT2D eigenvalue weighted by atomic mass is 10.1. The van der Waals surface area contributed by atoms with Crippen LogP contribution in [0.5, 0.6) is 0 Å². The molecule has 0 saturated carbocycles. The highest BCUT2D eigenvalue weighted by atomic mass is 16.3. The molecule has 1 fully saturated rings. The van der Waals surface area contributed by atoms with E-state index in [0.717, 1.165) is 24.3 Å². The van der Waals surface area contributed by atoms with Gasteiger partial charge in [0.1, 0.15) is 5.82 Å². The Kier molecular flexibility index (Phi) is 3.88. The van der Waals surface area contributed by atoms with Gasteiger partial charge >= 0.3 is 0 Å². The van der Waals surface area contributed by atoms with E-state index >= 15 is 0 Å². The molecular weight excluding hydrogens is 248 g/mol. The highest BCUT2D eigenvalue weighted by Gasteiger charge is 2.23. The predicted molar refractivity (Wildman–Crippen MR) is 83.2 cm³/mol. The van der Waals surface area contributed by atoms with E-state index in [4.69, 9.17) is 4.98 Å². The smallest absolute Gasteiger partial charge is 0.132 e. The van der Waals surface area contributed by atoms with Crippen molar-refractivity contribution >= 4 is 16.7 Å². The van der Waals surface area contributed by atoms with Crippen molar-refractivity contribution in [1.82, 2.24) is 4.98 Å². The highest BCUT2D eigenvalue weighted by Crippen LogP contribution is 2.28. The minimum atomic E-state index is 0.213. The standard InChI is InChI=1S/C17H22N2O/c1-13-11-14-7-4-5-9-16(14)18-17(13)19-10-6-2-3-8-15(19)12-20/h4-5,7,9,11,15,20H,2-3,6,8,10,12H2,1H3. The quantitative estimate of drug-likeness (QED) is 0.909. The van der Waals surface area contributed by atoms with Gasteiger partial charge in [-0.2, -0.15) is 0 Å². The van der Waals surface area contributed by atoms with Crippen molar-refractivity contribution in [3.63, 3.8) is 0 Å². The van der Waals surface area contributed by atoms with E-state index in [1.54, 1.807) is 0 Å². The van der Waals surface area contributed by atoms with Crippen LogP contribution in [0.1, 0.15) is 31.2 Å². The molecule has 0 amide bonds. The molecule has 1 aliphatic heterocycles. The molecule has 1 aromatic heterocycles. The summed E-state index contributed by atoms with van der Waals surface area (Å²) in [5.41, 5.74) is 2.23. The Morgan fingerprint density at radius 1 is 1.25 bits per heavy atom. The molecule has 2 heterocycles. The zero-order valence-electron chi connectivity index (χ0n) is 12.0. The van der Waals surface area contributed by atoms with Gasteiger partial charge in [-0.1, -0.05) is 31.0 Å². The maximum absolute atomic E-state index is 9.68. The highest BCUT2D eigenvalue weighted by molar-refractivity contribution is 5.81. The van der Waals surface area contributed by atoms with Crippen LogP contribution in [0.15, 0.2) is 30.3 Å². The topological polar surface area (TPSA) is 36.4 Å². The van der Waals surface area contributed by atoms with Crippen LogP contribution in [0.3, 0.4) is 0 Å². The Morgan fingerprint density at radius 3 is 2.95 bits per heavy atom. The maximum Gasteiger partial charge on any atom is 0.132 e. The summed E-state index contributed by atoms with van der Waals surface area (Å²) in [6.45, 7) is 3.33. The first-order chi connectivity index (χ1) is 9.79. The van der Waals surface area contributed by atoms with Gasteiger partial charge in [0.2, 0.25) is 0 Å². The Balaban J connectivity index is 2.04. The van der Waals surface area contributed by atoms with E-state index in [0.29, 0.717) is 0 Å². The minimum Gasteiger partial charge on any atom is -0.394 e. The molecule has 0 bridgehead atoms. The van der Waals surface area contributed by atoms with Crippen LogP contribution in [-0.4, -0.2) is 29.3 Å². The summed E-state index contributed by atoms with van der Waals surface area (Å²) in [4.78, 5) is 7.17. The fraction of sp³-hybridized carbons (Fsp3) is 0.471. The third-order valence-corrected chi connectivity index (χ3v) is 4.25. The van der Waals surface area contributed by atoms with E-state index in [-0.39, 0.29) is 12.6 Å². The number of aryl methyl sites for hydroxylation is 1. The van der Waals surface area contributed by atoms with Crippen molar-refractivity contribution in [1.29, 1.82) is 0 Å². The lowest BCUT2D eigenvalue weighted by molar-refractivity contribution is 0.254. The molecule has 1 aromatic carbocycles. The number of aromatic nitrogens is 1. The summed E-state index contributed by atoms with van der Waals surface area (Å²) >= 11 is 0. The molecule has 1 atom stereocenters. The molecule has 1 unspecified atom stereocenters. The largest absolute Gasteiger partial charge is 0.394 e. The zero-order valence-corrected chi connectivity index (χ0v) is 12.0. The van der Waals surface area contributed by atoms with E-state index in [1.165, 1.54) is 30.2 Å². The van der Waals surface area contributed by atoms with Crippen LogP contribution in [0.4, 0.5) is 5.82 Å². The van der Waals surface area contributed by atoms with Crippen LogP contribution < -0.4 is 4.90 Å². The fourth-order valence-electron chi connectivity index (χ4n) is 3.15. The average Bonchev–Trinajstić information content (AvgIpc) is 2.71. The molecule has 1 N–H and O–H groups in total. The Bertz CT molecular complexity index is 597. The number of fused-ring (bicyclic) bond motifs is 1. The van der Waals surface area contributed by atoms with Gasteiger partial charge < -0.3 is 10.0 Å². The van der Waals surface area contributed by atoms with Crippen molar-refractivity contribution in [2.24, 2.45) is 0 Å². The second-order valence-electron chi connectivity index (χ2n) is 5.70. The predicted octanol–water partition coefficient (Wildman–Crippen LogP) is 3.28. The van der Waals surface area contributed by atoms with Crippen molar-refractivity contribution in [2.75, 3.05) is 18.1 Å². The van der Waals surface area contributed by atoms with Gasteiger partial charge in [-0.3, -0.25) is 0 Å². The molecule has 0 aliphatic carbocycles. The summed E-state index contributed by atoms with van der Waals surface area (Å²) in [6.07, 6.45) is 4.70. The number of pyridine rings is 1. The van der Waals surface area contributed by atoms with Crippen LogP contribution in [-0.2, 0) is 0 Å². The summed E-state index contributed by atoms with van der Waals surface area (Å²) in [6, 6.07) is 10.7. The monoisotopic (exact) mass is 270 g/mol. The molecule has 1 aliphatic rings. The third-order valence-electron chi connectivity index (χ3n) is 4.25. The van der Waals surface area contributed by atoms with E-state index < -0.39 is 0 Å². The molecule has 106 valence electrons. The van der Waals surface area contributed by atoms with Gasteiger partial charge in [0, 0.05) is 11.9 Å². The first-order valence-corrected chi connectivity index (χ1v) is 7.53. The lowest BCUT2D eigenvalue weighted by Gasteiger charge is -2.31. The van der Waals surface area contributed by atoms with Gasteiger partial charge in [-0.25, -0.2) is 4.98 Å². The molecule has 2 aromatic rings. The number of hydrogen-bond donors (Lipinski definition) is 1. The minimum absolute atomic E-state index is 0.213. The SMILES string of the molecule is Cc1cc2ccccc2nc1N1CCCCCC1CO. The van der Waals surface area contributed by atoms with Gasteiger partial charge in [0.05, 0.1) is 18.2 Å².